The zero-order chi connectivity index (χ0) is 19.1. The van der Waals surface area contributed by atoms with Crippen LogP contribution in [0.1, 0.15) is 16.1 Å². The molecular formula is C23H16N3O2. The number of rotatable bonds is 4. The molecule has 0 aliphatic heterocycles. The van der Waals surface area contributed by atoms with Gasteiger partial charge in [0.15, 0.2) is 0 Å². The van der Waals surface area contributed by atoms with Gasteiger partial charge in [0.25, 0.3) is 0 Å². The quantitative estimate of drug-likeness (QED) is 0.512. The first-order valence-electron chi connectivity index (χ1n) is 8.92. The van der Waals surface area contributed by atoms with Gasteiger partial charge < -0.3 is 14.7 Å². The third-order valence-electron chi connectivity index (χ3n) is 4.91. The van der Waals surface area contributed by atoms with Crippen molar-refractivity contribution in [2.45, 2.75) is 6.54 Å². The second-order valence-corrected chi connectivity index (χ2v) is 6.60. The molecule has 0 aliphatic rings. The average Bonchev–Trinajstić information content (AvgIpc) is 3.36. The van der Waals surface area contributed by atoms with E-state index in [0.29, 0.717) is 12.1 Å². The van der Waals surface area contributed by atoms with Gasteiger partial charge in [0.2, 0.25) is 5.91 Å². The molecule has 0 aliphatic carbocycles. The maximum Gasteiger partial charge on any atom is 0.249 e. The number of amides is 1. The second kappa shape index (κ2) is 6.39. The summed E-state index contributed by atoms with van der Waals surface area (Å²) in [7, 11) is 0. The van der Waals surface area contributed by atoms with E-state index >= 15 is 0 Å². The van der Waals surface area contributed by atoms with E-state index in [1.54, 1.807) is 18.5 Å². The third-order valence-corrected chi connectivity index (χ3v) is 4.91. The van der Waals surface area contributed by atoms with Gasteiger partial charge in [-0.1, -0.05) is 12.1 Å². The van der Waals surface area contributed by atoms with Crippen LogP contribution in [0.3, 0.4) is 0 Å². The molecule has 0 saturated heterocycles. The third kappa shape index (κ3) is 2.56. The number of benzene rings is 2. The monoisotopic (exact) mass is 366 g/mol. The van der Waals surface area contributed by atoms with E-state index in [4.69, 9.17) is 10.2 Å². The summed E-state index contributed by atoms with van der Waals surface area (Å²) in [6.07, 6.45) is 3.42. The fourth-order valence-corrected chi connectivity index (χ4v) is 3.67. The van der Waals surface area contributed by atoms with Crippen LogP contribution in [0.2, 0.25) is 0 Å². The fourth-order valence-electron chi connectivity index (χ4n) is 3.67. The Hall–Kier alpha value is -3.86. The molecule has 135 valence electrons. The number of pyridine rings is 1. The molecule has 5 heteroatoms. The van der Waals surface area contributed by atoms with Crippen LogP contribution < -0.4 is 5.73 Å². The Bertz CT molecular complexity index is 1300. The summed E-state index contributed by atoms with van der Waals surface area (Å²) in [5.74, 6) is 0.314. The highest BCUT2D eigenvalue weighted by Gasteiger charge is 2.18. The van der Waals surface area contributed by atoms with Gasteiger partial charge in [-0.3, -0.25) is 9.78 Å². The van der Waals surface area contributed by atoms with Crippen molar-refractivity contribution >= 4 is 27.7 Å². The zero-order valence-electron chi connectivity index (χ0n) is 14.9. The number of primary amides is 1. The predicted octanol–water partition coefficient (Wildman–Crippen LogP) is 4.40. The lowest BCUT2D eigenvalue weighted by atomic mass is 10.0. The highest BCUT2D eigenvalue weighted by Crippen LogP contribution is 2.34. The molecule has 0 unspecified atom stereocenters. The van der Waals surface area contributed by atoms with Crippen LogP contribution in [0.15, 0.2) is 77.5 Å². The Morgan fingerprint density at radius 1 is 1.11 bits per heavy atom. The highest BCUT2D eigenvalue weighted by molar-refractivity contribution is 6.18. The van der Waals surface area contributed by atoms with E-state index in [2.05, 4.69) is 21.7 Å². The molecule has 2 N–H and O–H groups in total. The first-order valence-corrected chi connectivity index (χ1v) is 8.92. The van der Waals surface area contributed by atoms with E-state index in [-0.39, 0.29) is 0 Å². The Morgan fingerprint density at radius 3 is 2.79 bits per heavy atom. The predicted molar refractivity (Wildman–Crippen MR) is 108 cm³/mol. The Balaban J connectivity index is 1.83. The molecule has 28 heavy (non-hydrogen) atoms. The van der Waals surface area contributed by atoms with Crippen molar-refractivity contribution in [3.63, 3.8) is 0 Å². The molecule has 2 aromatic carbocycles. The molecule has 0 spiro atoms. The van der Waals surface area contributed by atoms with Crippen LogP contribution >= 0.6 is 0 Å². The van der Waals surface area contributed by atoms with Crippen LogP contribution in [0, 0.1) is 6.07 Å². The average molecular weight is 366 g/mol. The van der Waals surface area contributed by atoms with E-state index in [1.165, 1.54) is 0 Å². The minimum absolute atomic E-state index is 0.453. The van der Waals surface area contributed by atoms with Crippen LogP contribution in [0.5, 0.6) is 0 Å². The van der Waals surface area contributed by atoms with Gasteiger partial charge in [0, 0.05) is 28.1 Å². The van der Waals surface area contributed by atoms with Crippen LogP contribution in [-0.4, -0.2) is 15.5 Å². The van der Waals surface area contributed by atoms with Gasteiger partial charge >= 0.3 is 0 Å². The number of furan rings is 1. The van der Waals surface area contributed by atoms with Gasteiger partial charge in [-0.25, -0.2) is 0 Å². The summed E-state index contributed by atoms with van der Waals surface area (Å²) in [6.45, 7) is 0.568. The summed E-state index contributed by atoms with van der Waals surface area (Å²) >= 11 is 0. The van der Waals surface area contributed by atoms with E-state index < -0.39 is 5.91 Å². The lowest BCUT2D eigenvalue weighted by molar-refractivity contribution is 0.100. The molecule has 1 radical (unpaired) electrons. The molecule has 0 fully saturated rings. The zero-order valence-corrected chi connectivity index (χ0v) is 14.9. The van der Waals surface area contributed by atoms with Crippen LogP contribution in [-0.2, 0) is 6.54 Å². The summed E-state index contributed by atoms with van der Waals surface area (Å²) in [5, 5.41) is 1.67. The Labute approximate surface area is 161 Å². The van der Waals surface area contributed by atoms with Gasteiger partial charge in [0.05, 0.1) is 29.5 Å². The van der Waals surface area contributed by atoms with Crippen molar-refractivity contribution < 1.29 is 9.21 Å². The largest absolute Gasteiger partial charge is 0.464 e. The first kappa shape index (κ1) is 16.3. The molecule has 1 amide bonds. The van der Waals surface area contributed by atoms with E-state index in [9.17, 15) is 4.79 Å². The maximum atomic E-state index is 12.1. The molecule has 5 rings (SSSR count). The summed E-state index contributed by atoms with van der Waals surface area (Å²) in [5.41, 5.74) is 9.85. The molecular weight excluding hydrogens is 350 g/mol. The van der Waals surface area contributed by atoms with Crippen LogP contribution in [0.4, 0.5) is 0 Å². The highest BCUT2D eigenvalue weighted by atomic mass is 16.3. The Kier molecular flexibility index (Phi) is 3.72. The van der Waals surface area contributed by atoms with Crippen molar-refractivity contribution in [2.75, 3.05) is 0 Å². The summed E-state index contributed by atoms with van der Waals surface area (Å²) < 4.78 is 7.69. The number of carbonyl (C=O) groups is 1. The van der Waals surface area contributed by atoms with Crippen molar-refractivity contribution in [1.82, 2.24) is 9.55 Å². The molecule has 0 saturated carbocycles. The Morgan fingerprint density at radius 2 is 2.04 bits per heavy atom. The smallest absolute Gasteiger partial charge is 0.249 e. The standard InChI is InChI=1S/C23H16N3O2/c24-23(27)18-6-3-7-19-22(18)17-10-9-15(21-8-4-12-28-21)13-20(17)26(19)14-16-5-1-2-11-25-16/h1-9,11-13H,14H2,(H2,24,27). The maximum absolute atomic E-state index is 12.1. The molecule has 3 heterocycles. The van der Waals surface area contributed by atoms with E-state index in [1.807, 2.05) is 48.5 Å². The number of hydrogen-bond acceptors (Lipinski definition) is 3. The van der Waals surface area contributed by atoms with Crippen molar-refractivity contribution in [2.24, 2.45) is 5.73 Å². The number of aromatic nitrogens is 2. The normalized spacial score (nSPS) is 11.3. The SMILES string of the molecule is NC(=O)c1cccc2c1c1[c]cc(-c3ccco3)cc1n2Cc1ccccn1. The molecule has 0 bridgehead atoms. The number of hydrogen-bond donors (Lipinski definition) is 1. The molecule has 5 aromatic rings. The minimum atomic E-state index is -0.453. The van der Waals surface area contributed by atoms with Crippen LogP contribution in [0.25, 0.3) is 33.1 Å². The van der Waals surface area contributed by atoms with Gasteiger partial charge in [-0.05, 0) is 54.6 Å². The summed E-state index contributed by atoms with van der Waals surface area (Å²) in [4.78, 5) is 16.5. The second-order valence-electron chi connectivity index (χ2n) is 6.60. The minimum Gasteiger partial charge on any atom is -0.464 e. The molecule has 3 aromatic heterocycles. The van der Waals surface area contributed by atoms with Crippen molar-refractivity contribution in [3.05, 3.63) is 90.4 Å². The molecule has 0 atom stereocenters. The van der Waals surface area contributed by atoms with Gasteiger partial charge in [0.1, 0.15) is 5.76 Å². The fraction of sp³-hybridized carbons (Fsp3) is 0.0435. The number of carbonyl (C=O) groups excluding carboxylic acids is 1. The lowest BCUT2D eigenvalue weighted by Gasteiger charge is -2.08. The van der Waals surface area contributed by atoms with E-state index in [0.717, 1.165) is 38.8 Å². The topological polar surface area (TPSA) is 74.1 Å². The van der Waals surface area contributed by atoms with Gasteiger partial charge in [-0.2, -0.15) is 0 Å². The number of nitrogens with two attached hydrogens (primary N) is 1. The molecule has 5 nitrogen and oxygen atoms in total. The number of fused-ring (bicyclic) bond motifs is 3. The van der Waals surface area contributed by atoms with Gasteiger partial charge in [-0.15, -0.1) is 0 Å². The summed E-state index contributed by atoms with van der Waals surface area (Å²) in [6, 6.07) is 22.5. The van der Waals surface area contributed by atoms with Crippen molar-refractivity contribution in [1.29, 1.82) is 0 Å². The van der Waals surface area contributed by atoms with Crippen molar-refractivity contribution in [3.8, 4) is 11.3 Å². The number of nitrogens with zero attached hydrogens (tertiary/aromatic N) is 2. The first-order chi connectivity index (χ1) is 13.7. The lowest BCUT2D eigenvalue weighted by Crippen LogP contribution is -2.11.